The molecule has 0 aromatic heterocycles. The van der Waals surface area contributed by atoms with E-state index in [2.05, 4.69) is 10.0 Å². The monoisotopic (exact) mass is 197 g/mol. The van der Waals surface area contributed by atoms with Crippen molar-refractivity contribution in [1.29, 1.82) is 0 Å². The molecule has 0 radical (unpaired) electrons. The number of esters is 1. The summed E-state index contributed by atoms with van der Waals surface area (Å²) in [5.41, 5.74) is 8.14. The smallest absolute Gasteiger partial charge is 0.303 e. The zero-order valence-corrected chi connectivity index (χ0v) is 7.79. The van der Waals surface area contributed by atoms with Crippen LogP contribution in [0.1, 0.15) is 13.3 Å². The molecule has 0 amide bonds. The summed E-state index contributed by atoms with van der Waals surface area (Å²) in [7, 11) is 0. The summed E-state index contributed by atoms with van der Waals surface area (Å²) in [6.45, 7) is 1.50. The Morgan fingerprint density at radius 2 is 2.64 bits per heavy atom. The fourth-order valence-corrected chi connectivity index (χ4v) is 1.20. The molecule has 2 atom stereocenters. The van der Waals surface area contributed by atoms with Crippen LogP contribution in [-0.2, 0) is 14.3 Å². The molecule has 0 aliphatic carbocycles. The Kier molecular flexibility index (Phi) is 3.82. The minimum absolute atomic E-state index is 0.165. The van der Waals surface area contributed by atoms with Gasteiger partial charge >= 0.3 is 5.97 Å². The molecular weight excluding hydrogens is 186 g/mol. The molecule has 0 unspecified atom stereocenters. The Balaban J connectivity index is 2.55. The van der Waals surface area contributed by atoms with E-state index in [0.29, 0.717) is 6.42 Å². The van der Waals surface area contributed by atoms with Gasteiger partial charge in [0.2, 0.25) is 0 Å². The fourth-order valence-electron chi connectivity index (χ4n) is 1.20. The average molecular weight is 197 g/mol. The summed E-state index contributed by atoms with van der Waals surface area (Å²) in [5.74, 6) is -0.361. The second-order valence-electron chi connectivity index (χ2n) is 2.84. The van der Waals surface area contributed by atoms with Crippen molar-refractivity contribution in [1.82, 2.24) is 0 Å². The van der Waals surface area contributed by atoms with Crippen molar-refractivity contribution in [2.45, 2.75) is 25.6 Å². The van der Waals surface area contributed by atoms with Gasteiger partial charge in [-0.2, -0.15) is 0 Å². The van der Waals surface area contributed by atoms with E-state index < -0.39 is 0 Å². The number of carbonyl (C=O) groups excluding carboxylic acids is 1. The van der Waals surface area contributed by atoms with E-state index in [1.54, 1.807) is 6.08 Å². The van der Waals surface area contributed by atoms with Crippen LogP contribution < -0.4 is 0 Å². The molecule has 0 N–H and O–H groups in total. The molecule has 1 aliphatic heterocycles. The summed E-state index contributed by atoms with van der Waals surface area (Å²) >= 11 is 0. The summed E-state index contributed by atoms with van der Waals surface area (Å²) in [6, 6.07) is 0. The third-order valence-electron chi connectivity index (χ3n) is 1.77. The molecule has 14 heavy (non-hydrogen) atoms. The Labute approximate surface area is 81.1 Å². The predicted octanol–water partition coefficient (Wildman–Crippen LogP) is 1.53. The molecule has 6 heteroatoms. The van der Waals surface area contributed by atoms with E-state index in [-0.39, 0.29) is 24.7 Å². The highest BCUT2D eigenvalue weighted by Crippen LogP contribution is 2.15. The molecule has 0 bridgehead atoms. The zero-order valence-electron chi connectivity index (χ0n) is 7.79. The van der Waals surface area contributed by atoms with Crippen LogP contribution in [-0.4, -0.2) is 24.7 Å². The lowest BCUT2D eigenvalue weighted by Crippen LogP contribution is -2.35. The Bertz CT molecular complexity index is 270. The van der Waals surface area contributed by atoms with Crippen molar-refractivity contribution in [2.75, 3.05) is 6.54 Å². The second kappa shape index (κ2) is 5.14. The minimum Gasteiger partial charge on any atom is -0.494 e. The molecule has 0 aromatic rings. The summed E-state index contributed by atoms with van der Waals surface area (Å²) in [6.07, 6.45) is 3.14. The van der Waals surface area contributed by atoms with Gasteiger partial charge in [-0.1, -0.05) is 5.11 Å². The largest absolute Gasteiger partial charge is 0.494 e. The van der Waals surface area contributed by atoms with E-state index in [4.69, 9.17) is 15.0 Å². The topological polar surface area (TPSA) is 84.3 Å². The van der Waals surface area contributed by atoms with Crippen molar-refractivity contribution in [3.8, 4) is 0 Å². The van der Waals surface area contributed by atoms with Crippen LogP contribution in [0, 0.1) is 0 Å². The van der Waals surface area contributed by atoms with E-state index in [1.165, 1.54) is 13.2 Å². The fraction of sp³-hybridized carbons (Fsp3) is 0.625. The summed E-state index contributed by atoms with van der Waals surface area (Å²) < 4.78 is 10.2. The summed E-state index contributed by atoms with van der Waals surface area (Å²) in [4.78, 5) is 13.3. The number of rotatable bonds is 3. The lowest BCUT2D eigenvalue weighted by molar-refractivity contribution is -0.152. The maximum absolute atomic E-state index is 10.7. The number of carbonyl (C=O) groups is 1. The van der Waals surface area contributed by atoms with Crippen molar-refractivity contribution in [3.63, 3.8) is 0 Å². The van der Waals surface area contributed by atoms with Gasteiger partial charge in [0.15, 0.2) is 0 Å². The van der Waals surface area contributed by atoms with Crippen LogP contribution in [0.5, 0.6) is 0 Å². The van der Waals surface area contributed by atoms with Crippen LogP contribution in [0.2, 0.25) is 0 Å². The predicted molar refractivity (Wildman–Crippen MR) is 48.2 cm³/mol. The van der Waals surface area contributed by atoms with Crippen molar-refractivity contribution >= 4 is 5.97 Å². The van der Waals surface area contributed by atoms with Gasteiger partial charge in [0.1, 0.15) is 12.2 Å². The van der Waals surface area contributed by atoms with Crippen LogP contribution in [0.4, 0.5) is 0 Å². The van der Waals surface area contributed by atoms with Gasteiger partial charge in [0.05, 0.1) is 12.8 Å². The van der Waals surface area contributed by atoms with Gasteiger partial charge in [-0.15, -0.1) is 0 Å². The minimum atomic E-state index is -0.375. The second-order valence-corrected chi connectivity index (χ2v) is 2.84. The third kappa shape index (κ3) is 2.99. The molecule has 1 aliphatic rings. The van der Waals surface area contributed by atoms with Gasteiger partial charge in [0, 0.05) is 18.3 Å². The number of ether oxygens (including phenoxy) is 2. The average Bonchev–Trinajstić information content (AvgIpc) is 2.16. The van der Waals surface area contributed by atoms with Crippen LogP contribution in [0.25, 0.3) is 10.4 Å². The summed E-state index contributed by atoms with van der Waals surface area (Å²) in [5, 5.41) is 3.38. The van der Waals surface area contributed by atoms with Crippen molar-refractivity contribution in [3.05, 3.63) is 22.8 Å². The molecule has 1 rings (SSSR count). The lowest BCUT2D eigenvalue weighted by atomic mass is 10.1. The maximum Gasteiger partial charge on any atom is 0.303 e. The molecule has 0 saturated heterocycles. The SMILES string of the molecule is CC(=O)O[C@H]1CC=CO[C@@H]1CN=[N+]=[N-]. The first kappa shape index (κ1) is 10.4. The first-order chi connectivity index (χ1) is 6.74. The number of nitrogens with zero attached hydrogens (tertiary/aromatic N) is 3. The van der Waals surface area contributed by atoms with Gasteiger partial charge in [-0.3, -0.25) is 4.79 Å². The van der Waals surface area contributed by atoms with Gasteiger partial charge < -0.3 is 9.47 Å². The number of hydrogen-bond acceptors (Lipinski definition) is 4. The lowest BCUT2D eigenvalue weighted by Gasteiger charge is -2.26. The molecule has 0 saturated carbocycles. The highest BCUT2D eigenvalue weighted by Gasteiger charge is 2.25. The molecule has 0 aromatic carbocycles. The Morgan fingerprint density at radius 1 is 1.86 bits per heavy atom. The van der Waals surface area contributed by atoms with Crippen molar-refractivity contribution in [2.24, 2.45) is 5.11 Å². The molecule has 76 valence electrons. The Morgan fingerprint density at radius 3 is 3.29 bits per heavy atom. The van der Waals surface area contributed by atoms with E-state index in [1.807, 2.05) is 0 Å². The molecule has 0 fully saturated rings. The van der Waals surface area contributed by atoms with Crippen LogP contribution in [0.15, 0.2) is 17.5 Å². The quantitative estimate of drug-likeness (QED) is 0.297. The van der Waals surface area contributed by atoms with Gasteiger partial charge in [-0.05, 0) is 11.6 Å². The Hall–Kier alpha value is -1.68. The standard InChI is InChI=1S/C8H11N3O3/c1-6(12)14-7-3-2-4-13-8(7)5-10-11-9/h2,4,7-8H,3,5H2,1H3/t7-,8+/m0/s1. The maximum atomic E-state index is 10.7. The number of hydrogen-bond donors (Lipinski definition) is 0. The van der Waals surface area contributed by atoms with E-state index in [0.717, 1.165) is 0 Å². The molecule has 0 spiro atoms. The van der Waals surface area contributed by atoms with E-state index >= 15 is 0 Å². The third-order valence-corrected chi connectivity index (χ3v) is 1.77. The molecule has 1 heterocycles. The molecular formula is C8H11N3O3. The van der Waals surface area contributed by atoms with Crippen LogP contribution in [0.3, 0.4) is 0 Å². The van der Waals surface area contributed by atoms with E-state index in [9.17, 15) is 4.79 Å². The van der Waals surface area contributed by atoms with Crippen molar-refractivity contribution < 1.29 is 14.3 Å². The molecule has 6 nitrogen and oxygen atoms in total. The first-order valence-corrected chi connectivity index (χ1v) is 4.22. The van der Waals surface area contributed by atoms with Crippen LogP contribution >= 0.6 is 0 Å². The highest BCUT2D eigenvalue weighted by molar-refractivity contribution is 5.66. The highest BCUT2D eigenvalue weighted by atomic mass is 16.6. The number of azide groups is 1. The van der Waals surface area contributed by atoms with Gasteiger partial charge in [-0.25, -0.2) is 0 Å². The normalized spacial score (nSPS) is 24.6. The first-order valence-electron chi connectivity index (χ1n) is 4.22. The zero-order chi connectivity index (χ0) is 10.4. The van der Waals surface area contributed by atoms with Gasteiger partial charge in [0.25, 0.3) is 0 Å².